The van der Waals surface area contributed by atoms with Crippen molar-refractivity contribution in [2.45, 2.75) is 64.9 Å². The van der Waals surface area contributed by atoms with Crippen LogP contribution in [0.2, 0.25) is 0 Å². The molecule has 0 bridgehead atoms. The van der Waals surface area contributed by atoms with Gasteiger partial charge in [0.15, 0.2) is 17.3 Å². The van der Waals surface area contributed by atoms with Crippen molar-refractivity contribution in [1.29, 1.82) is 0 Å². The Morgan fingerprint density at radius 1 is 0.963 bits per heavy atom. The number of pyridine rings is 1. The normalized spacial score (nSPS) is 28.3. The molecule has 0 aromatic carbocycles. The fraction of sp³-hybridized carbons (Fsp3) is 0.545. The van der Waals surface area contributed by atoms with Gasteiger partial charge in [-0.3, -0.25) is 19.4 Å². The van der Waals surface area contributed by atoms with Crippen molar-refractivity contribution < 1.29 is 19.1 Å². The van der Waals surface area contributed by atoms with Crippen molar-refractivity contribution in [1.82, 2.24) is 4.98 Å². The van der Waals surface area contributed by atoms with Crippen LogP contribution in [-0.2, 0) is 19.1 Å². The van der Waals surface area contributed by atoms with Gasteiger partial charge in [0.05, 0.1) is 5.92 Å². The maximum Gasteiger partial charge on any atom is 0.235 e. The molecular weight excluding hydrogens is 342 g/mol. The summed E-state index contributed by atoms with van der Waals surface area (Å²) < 4.78 is 6.22. The number of ketones is 3. The van der Waals surface area contributed by atoms with E-state index in [2.05, 4.69) is 4.98 Å². The van der Waals surface area contributed by atoms with E-state index in [-0.39, 0.29) is 35.6 Å². The van der Waals surface area contributed by atoms with Crippen molar-refractivity contribution in [3.8, 4) is 0 Å². The smallest absolute Gasteiger partial charge is 0.235 e. The molecular formula is C22H25NO4. The van der Waals surface area contributed by atoms with E-state index >= 15 is 0 Å². The number of ether oxygens (including phenoxy) is 1. The maximum absolute atomic E-state index is 13.3. The number of rotatable bonds is 1. The van der Waals surface area contributed by atoms with Crippen LogP contribution >= 0.6 is 0 Å². The van der Waals surface area contributed by atoms with Gasteiger partial charge in [0, 0.05) is 43.7 Å². The van der Waals surface area contributed by atoms with Gasteiger partial charge in [0.1, 0.15) is 5.76 Å². The van der Waals surface area contributed by atoms with Gasteiger partial charge in [0.25, 0.3) is 0 Å². The number of allylic oxidation sites excluding steroid dienone is 1. The van der Waals surface area contributed by atoms with E-state index in [4.69, 9.17) is 4.74 Å². The Labute approximate surface area is 159 Å². The summed E-state index contributed by atoms with van der Waals surface area (Å²) in [5.41, 5.74) is -1.06. The molecule has 4 rings (SSSR count). The maximum atomic E-state index is 13.3. The van der Waals surface area contributed by atoms with E-state index in [0.717, 1.165) is 0 Å². The van der Waals surface area contributed by atoms with Crippen LogP contribution in [0.25, 0.3) is 0 Å². The molecule has 0 radical (unpaired) electrons. The fourth-order valence-electron chi connectivity index (χ4n) is 4.88. The molecule has 1 aromatic heterocycles. The highest BCUT2D eigenvalue weighted by molar-refractivity contribution is 6.17. The van der Waals surface area contributed by atoms with Crippen molar-refractivity contribution in [3.05, 3.63) is 41.4 Å². The van der Waals surface area contributed by atoms with E-state index < -0.39 is 16.9 Å². The van der Waals surface area contributed by atoms with Gasteiger partial charge in [-0.15, -0.1) is 0 Å². The van der Waals surface area contributed by atoms with E-state index in [9.17, 15) is 14.4 Å². The average molecular weight is 367 g/mol. The second kappa shape index (κ2) is 5.60. The SMILES string of the molecule is CC1(C)CC(=O)C2(OC3=C(C(=O)CC(C)(C)C3)C2c2cccnc2)C(=O)C1. The Morgan fingerprint density at radius 3 is 2.19 bits per heavy atom. The minimum atomic E-state index is -1.61. The van der Waals surface area contributed by atoms with Crippen molar-refractivity contribution >= 4 is 17.3 Å². The molecule has 1 unspecified atom stereocenters. The zero-order valence-corrected chi connectivity index (χ0v) is 16.3. The number of aromatic nitrogens is 1. The molecule has 0 N–H and O–H groups in total. The van der Waals surface area contributed by atoms with Gasteiger partial charge in [-0.05, 0) is 22.5 Å². The Kier molecular flexibility index (Phi) is 3.75. The predicted octanol–water partition coefficient (Wildman–Crippen LogP) is 3.54. The van der Waals surface area contributed by atoms with Gasteiger partial charge in [-0.25, -0.2) is 0 Å². The van der Waals surface area contributed by atoms with Gasteiger partial charge < -0.3 is 4.74 Å². The predicted molar refractivity (Wildman–Crippen MR) is 98.9 cm³/mol. The van der Waals surface area contributed by atoms with Crippen LogP contribution in [0.4, 0.5) is 0 Å². The van der Waals surface area contributed by atoms with Crippen LogP contribution in [0.1, 0.15) is 64.9 Å². The van der Waals surface area contributed by atoms with Gasteiger partial charge in [0.2, 0.25) is 5.60 Å². The Balaban J connectivity index is 1.90. The second-order valence-electron chi connectivity index (χ2n) is 9.70. The summed E-state index contributed by atoms with van der Waals surface area (Å²) in [6.07, 6.45) is 4.73. The summed E-state index contributed by atoms with van der Waals surface area (Å²) in [4.78, 5) is 43.9. The Morgan fingerprint density at radius 2 is 1.59 bits per heavy atom. The third-order valence-corrected chi connectivity index (χ3v) is 5.98. The molecule has 0 saturated heterocycles. The number of carbonyl (C=O) groups excluding carboxylic acids is 3. The molecule has 1 atom stereocenters. The van der Waals surface area contributed by atoms with Gasteiger partial charge in [-0.1, -0.05) is 33.8 Å². The Bertz CT molecular complexity index is 859. The lowest BCUT2D eigenvalue weighted by Gasteiger charge is -2.41. The van der Waals surface area contributed by atoms with Crippen molar-refractivity contribution in [2.75, 3.05) is 0 Å². The second-order valence-corrected chi connectivity index (χ2v) is 9.70. The van der Waals surface area contributed by atoms with Crippen LogP contribution in [0.3, 0.4) is 0 Å². The molecule has 2 aliphatic carbocycles. The summed E-state index contributed by atoms with van der Waals surface area (Å²) in [5, 5.41) is 0. The molecule has 142 valence electrons. The number of hydrogen-bond acceptors (Lipinski definition) is 5. The van der Waals surface area contributed by atoms with Crippen molar-refractivity contribution in [2.24, 2.45) is 10.8 Å². The number of carbonyl (C=O) groups is 3. The third kappa shape index (κ3) is 2.67. The highest BCUT2D eigenvalue weighted by Crippen LogP contribution is 2.56. The zero-order chi connectivity index (χ0) is 19.6. The first-order chi connectivity index (χ1) is 12.6. The monoisotopic (exact) mass is 367 g/mol. The van der Waals surface area contributed by atoms with E-state index in [1.807, 2.05) is 33.8 Å². The van der Waals surface area contributed by atoms with Crippen LogP contribution in [0, 0.1) is 10.8 Å². The molecule has 1 aromatic rings. The lowest BCUT2D eigenvalue weighted by atomic mass is 9.62. The summed E-state index contributed by atoms with van der Waals surface area (Å²) in [6.45, 7) is 7.86. The van der Waals surface area contributed by atoms with E-state index in [1.165, 1.54) is 0 Å². The first-order valence-electron chi connectivity index (χ1n) is 9.48. The standard InChI is InChI=1S/C22H25NO4/c1-20(2)8-14(24)18-15(9-20)27-22(19(18)13-6-5-7-23-12-13)16(25)10-21(3,4)11-17(22)26/h5-7,12,19H,8-11H2,1-4H3. The molecule has 1 aliphatic heterocycles. The van der Waals surface area contributed by atoms with Crippen molar-refractivity contribution in [3.63, 3.8) is 0 Å². The minimum Gasteiger partial charge on any atom is -0.474 e. The van der Waals surface area contributed by atoms with E-state index in [0.29, 0.717) is 29.7 Å². The molecule has 1 saturated carbocycles. The Hall–Kier alpha value is -2.30. The highest BCUT2D eigenvalue weighted by Gasteiger charge is 2.65. The molecule has 3 aliphatic rings. The van der Waals surface area contributed by atoms with Crippen LogP contribution in [-0.4, -0.2) is 27.9 Å². The number of Topliss-reactive ketones (excluding diaryl/α,β-unsaturated/α-hetero) is 3. The summed E-state index contributed by atoms with van der Waals surface area (Å²) in [6, 6.07) is 3.59. The molecule has 27 heavy (non-hydrogen) atoms. The molecule has 5 heteroatoms. The number of hydrogen-bond donors (Lipinski definition) is 0. The topological polar surface area (TPSA) is 73.3 Å². The summed E-state index contributed by atoms with van der Waals surface area (Å²) >= 11 is 0. The molecule has 2 heterocycles. The first kappa shape index (κ1) is 18.1. The molecule has 1 fully saturated rings. The van der Waals surface area contributed by atoms with Crippen LogP contribution in [0.5, 0.6) is 0 Å². The van der Waals surface area contributed by atoms with Crippen LogP contribution in [0.15, 0.2) is 35.9 Å². The lowest BCUT2D eigenvalue weighted by Crippen LogP contribution is -2.57. The molecule has 1 spiro atoms. The summed E-state index contributed by atoms with van der Waals surface area (Å²) in [7, 11) is 0. The zero-order valence-electron chi connectivity index (χ0n) is 16.3. The van der Waals surface area contributed by atoms with Gasteiger partial charge in [-0.2, -0.15) is 0 Å². The average Bonchev–Trinajstić information content (AvgIpc) is 2.88. The largest absolute Gasteiger partial charge is 0.474 e. The van der Waals surface area contributed by atoms with E-state index in [1.54, 1.807) is 18.5 Å². The van der Waals surface area contributed by atoms with Crippen LogP contribution < -0.4 is 0 Å². The summed E-state index contributed by atoms with van der Waals surface area (Å²) in [5.74, 6) is -0.653. The molecule has 0 amide bonds. The molecule has 5 nitrogen and oxygen atoms in total. The third-order valence-electron chi connectivity index (χ3n) is 5.98. The van der Waals surface area contributed by atoms with Gasteiger partial charge >= 0.3 is 0 Å². The number of nitrogens with zero attached hydrogens (tertiary/aromatic N) is 1. The minimum absolute atomic E-state index is 0.0302. The first-order valence-corrected chi connectivity index (χ1v) is 9.48. The highest BCUT2D eigenvalue weighted by atomic mass is 16.5. The quantitative estimate of drug-likeness (QED) is 0.710. The fourth-order valence-corrected chi connectivity index (χ4v) is 4.88. The lowest BCUT2D eigenvalue weighted by molar-refractivity contribution is -0.160.